The van der Waals surface area contributed by atoms with Gasteiger partial charge in [-0.3, -0.25) is 10.1 Å². The van der Waals surface area contributed by atoms with Crippen molar-refractivity contribution in [1.29, 1.82) is 0 Å². The predicted molar refractivity (Wildman–Crippen MR) is 75.3 cm³/mol. The SMILES string of the molecule is Cc1cc([N+](=O)[O-])cnc1Oc1ccc(S(C)(=O)=O)cc1. The molecule has 21 heavy (non-hydrogen) atoms. The Bertz CT molecular complexity index is 785. The molecule has 0 aliphatic rings. The molecule has 0 bridgehead atoms. The van der Waals surface area contributed by atoms with E-state index in [1.54, 1.807) is 6.92 Å². The molecule has 110 valence electrons. The molecule has 2 aromatic rings. The van der Waals surface area contributed by atoms with E-state index < -0.39 is 14.8 Å². The van der Waals surface area contributed by atoms with Gasteiger partial charge < -0.3 is 4.74 Å². The Hall–Kier alpha value is -2.48. The van der Waals surface area contributed by atoms with Crippen LogP contribution in [0, 0.1) is 17.0 Å². The Morgan fingerprint density at radius 1 is 1.24 bits per heavy atom. The zero-order valence-electron chi connectivity index (χ0n) is 11.3. The number of hydrogen-bond donors (Lipinski definition) is 0. The molecule has 0 aliphatic carbocycles. The fourth-order valence-corrected chi connectivity index (χ4v) is 2.25. The maximum Gasteiger partial charge on any atom is 0.288 e. The first-order valence-electron chi connectivity index (χ1n) is 5.86. The van der Waals surface area contributed by atoms with Crippen LogP contribution in [0.4, 0.5) is 5.69 Å². The van der Waals surface area contributed by atoms with E-state index in [0.717, 1.165) is 12.5 Å². The molecule has 0 amide bonds. The Morgan fingerprint density at radius 3 is 2.33 bits per heavy atom. The van der Waals surface area contributed by atoms with Crippen LogP contribution in [0.25, 0.3) is 0 Å². The summed E-state index contributed by atoms with van der Waals surface area (Å²) in [7, 11) is -3.26. The molecular formula is C13H12N2O5S. The van der Waals surface area contributed by atoms with Gasteiger partial charge in [0.05, 0.1) is 9.82 Å². The van der Waals surface area contributed by atoms with E-state index >= 15 is 0 Å². The van der Waals surface area contributed by atoms with Crippen LogP contribution in [0.2, 0.25) is 0 Å². The minimum Gasteiger partial charge on any atom is -0.439 e. The zero-order chi connectivity index (χ0) is 15.6. The zero-order valence-corrected chi connectivity index (χ0v) is 12.1. The molecule has 0 radical (unpaired) electrons. The van der Waals surface area contributed by atoms with Crippen molar-refractivity contribution in [2.75, 3.05) is 6.26 Å². The summed E-state index contributed by atoms with van der Waals surface area (Å²) < 4.78 is 28.2. The lowest BCUT2D eigenvalue weighted by Crippen LogP contribution is -1.97. The van der Waals surface area contributed by atoms with E-state index in [1.807, 2.05) is 0 Å². The number of nitrogens with zero attached hydrogens (tertiary/aromatic N) is 2. The third-order valence-corrected chi connectivity index (χ3v) is 3.82. The number of hydrogen-bond acceptors (Lipinski definition) is 6. The maximum absolute atomic E-state index is 11.3. The number of ether oxygens (including phenoxy) is 1. The van der Waals surface area contributed by atoms with Crippen molar-refractivity contribution in [3.05, 3.63) is 52.2 Å². The second-order valence-electron chi connectivity index (χ2n) is 4.42. The molecule has 0 N–H and O–H groups in total. The molecule has 0 saturated heterocycles. The summed E-state index contributed by atoms with van der Waals surface area (Å²) in [4.78, 5) is 14.2. The molecule has 0 saturated carbocycles. The largest absolute Gasteiger partial charge is 0.439 e. The minimum absolute atomic E-state index is 0.118. The van der Waals surface area contributed by atoms with Crippen molar-refractivity contribution in [2.45, 2.75) is 11.8 Å². The average Bonchev–Trinajstić information content (AvgIpc) is 2.40. The molecule has 0 aliphatic heterocycles. The molecule has 0 fully saturated rings. The lowest BCUT2D eigenvalue weighted by molar-refractivity contribution is -0.385. The van der Waals surface area contributed by atoms with Gasteiger partial charge in [-0.05, 0) is 31.2 Å². The van der Waals surface area contributed by atoms with Gasteiger partial charge in [-0.25, -0.2) is 13.4 Å². The fraction of sp³-hybridized carbons (Fsp3) is 0.154. The van der Waals surface area contributed by atoms with E-state index in [-0.39, 0.29) is 16.5 Å². The van der Waals surface area contributed by atoms with Crippen molar-refractivity contribution in [3.63, 3.8) is 0 Å². The van der Waals surface area contributed by atoms with Gasteiger partial charge in [0.2, 0.25) is 5.88 Å². The van der Waals surface area contributed by atoms with Gasteiger partial charge >= 0.3 is 0 Å². The summed E-state index contributed by atoms with van der Waals surface area (Å²) in [6, 6.07) is 7.20. The van der Waals surface area contributed by atoms with Crippen LogP contribution < -0.4 is 4.74 Å². The lowest BCUT2D eigenvalue weighted by atomic mass is 10.3. The highest BCUT2D eigenvalue weighted by molar-refractivity contribution is 7.90. The summed E-state index contributed by atoms with van der Waals surface area (Å²) in [6.45, 7) is 1.64. The number of aryl methyl sites for hydroxylation is 1. The van der Waals surface area contributed by atoms with Gasteiger partial charge in [0.15, 0.2) is 9.84 Å². The first-order valence-corrected chi connectivity index (χ1v) is 7.75. The van der Waals surface area contributed by atoms with E-state index in [9.17, 15) is 18.5 Å². The van der Waals surface area contributed by atoms with Gasteiger partial charge in [-0.1, -0.05) is 0 Å². The molecule has 0 atom stereocenters. The van der Waals surface area contributed by atoms with Crippen LogP contribution in [0.3, 0.4) is 0 Å². The van der Waals surface area contributed by atoms with Gasteiger partial charge in [-0.15, -0.1) is 0 Å². The Morgan fingerprint density at radius 2 is 1.86 bits per heavy atom. The highest BCUT2D eigenvalue weighted by Gasteiger charge is 2.12. The number of nitro groups is 1. The summed E-state index contributed by atoms with van der Waals surface area (Å²) in [5.41, 5.74) is 0.392. The van der Waals surface area contributed by atoms with Crippen LogP contribution in [-0.2, 0) is 9.84 Å². The van der Waals surface area contributed by atoms with Gasteiger partial charge in [-0.2, -0.15) is 0 Å². The molecular weight excluding hydrogens is 296 g/mol. The van der Waals surface area contributed by atoms with Crippen molar-refractivity contribution < 1.29 is 18.1 Å². The molecule has 7 nitrogen and oxygen atoms in total. The van der Waals surface area contributed by atoms with Crippen molar-refractivity contribution in [1.82, 2.24) is 4.98 Å². The second-order valence-corrected chi connectivity index (χ2v) is 6.43. The van der Waals surface area contributed by atoms with Gasteiger partial charge in [0, 0.05) is 17.9 Å². The van der Waals surface area contributed by atoms with Crippen LogP contribution >= 0.6 is 0 Å². The molecule has 0 spiro atoms. The van der Waals surface area contributed by atoms with Crippen LogP contribution in [0.5, 0.6) is 11.6 Å². The van der Waals surface area contributed by atoms with E-state index in [1.165, 1.54) is 30.3 Å². The standard InChI is InChI=1S/C13H12N2O5S/c1-9-7-10(15(16)17)8-14-13(9)20-11-3-5-12(6-4-11)21(2,18)19/h3-8H,1-2H3. The van der Waals surface area contributed by atoms with Crippen molar-refractivity contribution in [3.8, 4) is 11.6 Å². The normalized spacial score (nSPS) is 11.1. The van der Waals surface area contributed by atoms with Crippen molar-refractivity contribution in [2.24, 2.45) is 0 Å². The first kappa shape index (κ1) is 14.9. The molecule has 1 heterocycles. The summed E-state index contributed by atoms with van der Waals surface area (Å²) in [6.07, 6.45) is 2.22. The summed E-state index contributed by atoms with van der Waals surface area (Å²) >= 11 is 0. The van der Waals surface area contributed by atoms with Crippen LogP contribution in [0.1, 0.15) is 5.56 Å². The number of pyridine rings is 1. The third-order valence-electron chi connectivity index (χ3n) is 2.69. The Kier molecular flexibility index (Phi) is 3.90. The predicted octanol–water partition coefficient (Wildman–Crippen LogP) is 2.49. The number of rotatable bonds is 4. The van der Waals surface area contributed by atoms with Crippen LogP contribution in [-0.4, -0.2) is 24.6 Å². The monoisotopic (exact) mass is 308 g/mol. The molecule has 8 heteroatoms. The Labute approximate surface area is 121 Å². The van der Waals surface area contributed by atoms with Crippen molar-refractivity contribution >= 4 is 15.5 Å². The smallest absolute Gasteiger partial charge is 0.288 e. The highest BCUT2D eigenvalue weighted by atomic mass is 32.2. The summed E-state index contributed by atoms with van der Waals surface area (Å²) in [5.74, 6) is 0.625. The fourth-order valence-electron chi connectivity index (χ4n) is 1.62. The van der Waals surface area contributed by atoms with E-state index in [2.05, 4.69) is 4.98 Å². The summed E-state index contributed by atoms with van der Waals surface area (Å²) in [5, 5.41) is 10.6. The minimum atomic E-state index is -3.26. The Balaban J connectivity index is 2.24. The molecule has 0 unspecified atom stereocenters. The average molecular weight is 308 g/mol. The lowest BCUT2D eigenvalue weighted by Gasteiger charge is -2.07. The third kappa shape index (κ3) is 3.54. The second kappa shape index (κ2) is 5.49. The first-order chi connectivity index (χ1) is 9.77. The van der Waals surface area contributed by atoms with Crippen LogP contribution in [0.15, 0.2) is 41.4 Å². The molecule has 1 aromatic carbocycles. The molecule has 1 aromatic heterocycles. The quantitative estimate of drug-likeness (QED) is 0.635. The number of benzene rings is 1. The highest BCUT2D eigenvalue weighted by Crippen LogP contribution is 2.26. The number of aromatic nitrogens is 1. The van der Waals surface area contributed by atoms with E-state index in [4.69, 9.17) is 4.74 Å². The number of sulfone groups is 1. The maximum atomic E-state index is 11.3. The van der Waals surface area contributed by atoms with Gasteiger partial charge in [0.25, 0.3) is 5.69 Å². The van der Waals surface area contributed by atoms with E-state index in [0.29, 0.717) is 11.3 Å². The molecule has 2 rings (SSSR count). The topological polar surface area (TPSA) is 99.4 Å². The van der Waals surface area contributed by atoms with Gasteiger partial charge in [0.1, 0.15) is 11.9 Å².